The molecule has 4 rings (SSSR count). The Balaban J connectivity index is 1.53. The number of carbonyl (C=O) groups is 2. The fourth-order valence-corrected chi connectivity index (χ4v) is 3.09. The Hall–Kier alpha value is -3.93. The maximum absolute atomic E-state index is 12.5. The molecular formula is C23H20N4O2. The van der Waals surface area contributed by atoms with Crippen molar-refractivity contribution < 1.29 is 9.59 Å². The van der Waals surface area contributed by atoms with Gasteiger partial charge in [0.05, 0.1) is 11.0 Å². The predicted molar refractivity (Wildman–Crippen MR) is 113 cm³/mol. The molecule has 0 saturated heterocycles. The van der Waals surface area contributed by atoms with Gasteiger partial charge in [-0.15, -0.1) is 0 Å². The number of hydrogen-bond donors (Lipinski definition) is 3. The van der Waals surface area contributed by atoms with Crippen LogP contribution < -0.4 is 10.6 Å². The van der Waals surface area contributed by atoms with Crippen molar-refractivity contribution in [2.75, 3.05) is 7.05 Å². The number of amides is 2. The van der Waals surface area contributed by atoms with Gasteiger partial charge in [-0.05, 0) is 35.9 Å². The van der Waals surface area contributed by atoms with Crippen LogP contribution in [-0.2, 0) is 6.54 Å². The number of benzene rings is 3. The number of fused-ring (bicyclic) bond motifs is 1. The van der Waals surface area contributed by atoms with Gasteiger partial charge in [0.15, 0.2) is 0 Å². The normalized spacial score (nSPS) is 10.7. The quantitative estimate of drug-likeness (QED) is 0.492. The minimum absolute atomic E-state index is 0.132. The summed E-state index contributed by atoms with van der Waals surface area (Å²) < 4.78 is 0. The van der Waals surface area contributed by atoms with Crippen molar-refractivity contribution in [1.82, 2.24) is 20.6 Å². The van der Waals surface area contributed by atoms with E-state index in [1.54, 1.807) is 31.3 Å². The Morgan fingerprint density at radius 3 is 2.34 bits per heavy atom. The summed E-state index contributed by atoms with van der Waals surface area (Å²) in [6.45, 7) is 0.476. The van der Waals surface area contributed by atoms with Crippen LogP contribution in [0.1, 0.15) is 26.3 Å². The van der Waals surface area contributed by atoms with Crippen LogP contribution in [-0.4, -0.2) is 28.8 Å². The fourth-order valence-electron chi connectivity index (χ4n) is 3.09. The molecule has 4 aromatic rings. The van der Waals surface area contributed by atoms with Crippen LogP contribution in [0, 0.1) is 0 Å². The van der Waals surface area contributed by atoms with Crippen LogP contribution in [0.2, 0.25) is 0 Å². The van der Waals surface area contributed by atoms with Gasteiger partial charge in [0, 0.05) is 30.3 Å². The van der Waals surface area contributed by atoms with Gasteiger partial charge >= 0.3 is 0 Å². The molecule has 3 N–H and O–H groups in total. The maximum Gasteiger partial charge on any atom is 0.251 e. The number of imidazole rings is 1. The lowest BCUT2D eigenvalue weighted by atomic mass is 10.1. The van der Waals surface area contributed by atoms with Crippen LogP contribution in [0.25, 0.3) is 22.4 Å². The highest BCUT2D eigenvalue weighted by atomic mass is 16.2. The number of rotatable bonds is 5. The van der Waals surface area contributed by atoms with Gasteiger partial charge in [-0.3, -0.25) is 9.59 Å². The topological polar surface area (TPSA) is 86.9 Å². The molecular weight excluding hydrogens is 364 g/mol. The van der Waals surface area contributed by atoms with Crippen molar-refractivity contribution in [3.05, 3.63) is 89.5 Å². The second-order valence-corrected chi connectivity index (χ2v) is 6.64. The molecule has 6 heteroatoms. The summed E-state index contributed by atoms with van der Waals surface area (Å²) >= 11 is 0. The third-order valence-electron chi connectivity index (χ3n) is 4.69. The number of aromatic amines is 1. The molecule has 29 heavy (non-hydrogen) atoms. The molecule has 0 spiro atoms. The molecule has 2 amide bonds. The van der Waals surface area contributed by atoms with Crippen molar-refractivity contribution in [2.24, 2.45) is 0 Å². The summed E-state index contributed by atoms with van der Waals surface area (Å²) in [7, 11) is 1.60. The molecule has 0 aliphatic carbocycles. The first-order chi connectivity index (χ1) is 14.1. The second kappa shape index (κ2) is 7.98. The van der Waals surface area contributed by atoms with Crippen LogP contribution in [0.3, 0.4) is 0 Å². The fraction of sp³-hybridized carbons (Fsp3) is 0.0870. The Bertz CT molecular complexity index is 1160. The van der Waals surface area contributed by atoms with Gasteiger partial charge in [0.25, 0.3) is 11.8 Å². The van der Waals surface area contributed by atoms with Crippen molar-refractivity contribution in [3.8, 4) is 11.4 Å². The number of nitrogens with zero attached hydrogens (tertiary/aromatic N) is 1. The van der Waals surface area contributed by atoms with E-state index in [4.69, 9.17) is 0 Å². The molecule has 3 aromatic carbocycles. The van der Waals surface area contributed by atoms with E-state index in [2.05, 4.69) is 20.6 Å². The Kier molecular flexibility index (Phi) is 5.07. The molecule has 0 saturated carbocycles. The zero-order chi connectivity index (χ0) is 20.2. The minimum atomic E-state index is -0.137. The van der Waals surface area contributed by atoms with Gasteiger partial charge in [-0.25, -0.2) is 4.98 Å². The van der Waals surface area contributed by atoms with Gasteiger partial charge in [-0.1, -0.05) is 42.5 Å². The van der Waals surface area contributed by atoms with E-state index in [1.165, 1.54) is 0 Å². The van der Waals surface area contributed by atoms with Crippen LogP contribution in [0.4, 0.5) is 0 Å². The van der Waals surface area contributed by atoms with E-state index in [0.717, 1.165) is 22.2 Å². The highest BCUT2D eigenvalue weighted by Crippen LogP contribution is 2.22. The zero-order valence-corrected chi connectivity index (χ0v) is 15.9. The minimum Gasteiger partial charge on any atom is -0.355 e. The van der Waals surface area contributed by atoms with Gasteiger partial charge < -0.3 is 15.6 Å². The maximum atomic E-state index is 12.5. The first kappa shape index (κ1) is 18.4. The van der Waals surface area contributed by atoms with Crippen molar-refractivity contribution in [3.63, 3.8) is 0 Å². The van der Waals surface area contributed by atoms with Gasteiger partial charge in [0.1, 0.15) is 5.82 Å². The molecule has 0 unspecified atom stereocenters. The number of hydrogen-bond acceptors (Lipinski definition) is 3. The third-order valence-corrected chi connectivity index (χ3v) is 4.69. The average molecular weight is 384 g/mol. The third kappa shape index (κ3) is 4.01. The second-order valence-electron chi connectivity index (χ2n) is 6.64. The largest absolute Gasteiger partial charge is 0.355 e. The summed E-state index contributed by atoms with van der Waals surface area (Å²) in [6, 6.07) is 22.4. The zero-order valence-electron chi connectivity index (χ0n) is 15.9. The van der Waals surface area contributed by atoms with Crippen LogP contribution >= 0.6 is 0 Å². The Labute approximate surface area is 168 Å². The Morgan fingerprint density at radius 1 is 0.897 bits per heavy atom. The monoisotopic (exact) mass is 384 g/mol. The van der Waals surface area contributed by atoms with Gasteiger partial charge in [-0.2, -0.15) is 0 Å². The first-order valence-corrected chi connectivity index (χ1v) is 9.28. The molecule has 0 aliphatic heterocycles. The van der Waals surface area contributed by atoms with Crippen LogP contribution in [0.5, 0.6) is 0 Å². The lowest BCUT2D eigenvalue weighted by Crippen LogP contribution is -2.22. The number of H-pyrrole nitrogens is 1. The smallest absolute Gasteiger partial charge is 0.251 e. The lowest BCUT2D eigenvalue weighted by molar-refractivity contribution is 0.0947. The lowest BCUT2D eigenvalue weighted by Gasteiger charge is -2.05. The highest BCUT2D eigenvalue weighted by molar-refractivity contribution is 5.98. The van der Waals surface area contributed by atoms with Crippen molar-refractivity contribution >= 4 is 22.8 Å². The first-order valence-electron chi connectivity index (χ1n) is 9.28. The van der Waals surface area contributed by atoms with E-state index in [-0.39, 0.29) is 11.8 Å². The van der Waals surface area contributed by atoms with Gasteiger partial charge in [0.2, 0.25) is 0 Å². The molecule has 0 atom stereocenters. The Morgan fingerprint density at radius 2 is 1.62 bits per heavy atom. The molecule has 0 bridgehead atoms. The average Bonchev–Trinajstić information content (AvgIpc) is 3.21. The summed E-state index contributed by atoms with van der Waals surface area (Å²) in [5, 5.41) is 5.53. The van der Waals surface area contributed by atoms with Crippen LogP contribution in [0.15, 0.2) is 72.8 Å². The van der Waals surface area contributed by atoms with Crippen molar-refractivity contribution in [2.45, 2.75) is 6.54 Å². The summed E-state index contributed by atoms with van der Waals surface area (Å²) in [6.07, 6.45) is 0. The molecule has 1 aromatic heterocycles. The molecule has 6 nitrogen and oxygen atoms in total. The predicted octanol–water partition coefficient (Wildman–Crippen LogP) is 3.52. The summed E-state index contributed by atoms with van der Waals surface area (Å²) in [5.74, 6) is 0.416. The van der Waals surface area contributed by atoms with Crippen molar-refractivity contribution in [1.29, 1.82) is 0 Å². The van der Waals surface area contributed by atoms with E-state index >= 15 is 0 Å². The highest BCUT2D eigenvalue weighted by Gasteiger charge is 2.11. The molecule has 0 fully saturated rings. The van der Waals surface area contributed by atoms with E-state index < -0.39 is 0 Å². The standard InChI is InChI=1S/C23H20N4O2/c1-24-22(28)17-9-7-16(8-10-17)21-26-19-12-11-18(13-20(19)27-21)23(29)25-14-15-5-3-2-4-6-15/h2-13H,14H2,1H3,(H,24,28)(H,25,29)(H,26,27). The number of nitrogens with one attached hydrogen (secondary N) is 3. The molecule has 1 heterocycles. The summed E-state index contributed by atoms with van der Waals surface area (Å²) in [4.78, 5) is 32.0. The van der Waals surface area contributed by atoms with E-state index in [1.807, 2.05) is 48.5 Å². The molecule has 144 valence electrons. The van der Waals surface area contributed by atoms with E-state index in [0.29, 0.717) is 23.5 Å². The molecule has 0 aliphatic rings. The SMILES string of the molecule is CNC(=O)c1ccc(-c2nc3ccc(C(=O)NCc4ccccc4)cc3[nH]2)cc1. The summed E-state index contributed by atoms with van der Waals surface area (Å²) in [5.41, 5.74) is 4.62. The number of carbonyl (C=O) groups excluding carboxylic acids is 2. The molecule has 0 radical (unpaired) electrons. The number of aromatic nitrogens is 2. The van der Waals surface area contributed by atoms with E-state index in [9.17, 15) is 9.59 Å².